The number of anilines is 1. The van der Waals surface area contributed by atoms with Gasteiger partial charge in [-0.05, 0) is 22.0 Å². The van der Waals surface area contributed by atoms with Gasteiger partial charge in [-0.15, -0.1) is 0 Å². The topological polar surface area (TPSA) is 110 Å². The number of hydrogen-bond acceptors (Lipinski definition) is 7. The first-order chi connectivity index (χ1) is 11.9. The second-order valence-corrected chi connectivity index (χ2v) is 5.86. The number of rotatable bonds is 7. The molecule has 10 heteroatoms. The Hall–Kier alpha value is -2.88. The van der Waals surface area contributed by atoms with Crippen LogP contribution >= 0.6 is 15.9 Å². The number of amides is 1. The Morgan fingerprint density at radius 3 is 2.84 bits per heavy atom. The number of ether oxygens (including phenoxy) is 1. The van der Waals surface area contributed by atoms with Crippen molar-refractivity contribution >= 4 is 39.6 Å². The van der Waals surface area contributed by atoms with E-state index in [9.17, 15) is 14.9 Å². The summed E-state index contributed by atoms with van der Waals surface area (Å²) in [6.07, 6.45) is 1.33. The van der Waals surface area contributed by atoms with Gasteiger partial charge >= 0.3 is 5.69 Å². The highest BCUT2D eigenvalue weighted by Gasteiger charge is 2.14. The van der Waals surface area contributed by atoms with Gasteiger partial charge in [-0.3, -0.25) is 14.9 Å². The van der Waals surface area contributed by atoms with Crippen molar-refractivity contribution in [2.75, 3.05) is 25.6 Å². The lowest BCUT2D eigenvalue weighted by atomic mass is 10.3. The van der Waals surface area contributed by atoms with Crippen LogP contribution in [0.4, 0.5) is 11.6 Å². The molecule has 0 unspecified atom stereocenters. The molecule has 0 fully saturated rings. The number of nitro groups is 1. The van der Waals surface area contributed by atoms with Crippen LogP contribution in [0.15, 0.2) is 44.3 Å². The van der Waals surface area contributed by atoms with E-state index in [2.05, 4.69) is 26.5 Å². The summed E-state index contributed by atoms with van der Waals surface area (Å²) in [5.74, 6) is 0.507. The monoisotopic (exact) mass is 410 g/mol. The van der Waals surface area contributed by atoms with E-state index in [0.29, 0.717) is 11.6 Å². The summed E-state index contributed by atoms with van der Waals surface area (Å²) in [7, 11) is 3.65. The SMILES string of the molecule is CN(C)c1oc(/C=N\NC(=O)COc2ccccc2[N+](=O)[O-])cc1Br. The molecule has 0 atom stereocenters. The zero-order valence-corrected chi connectivity index (χ0v) is 15.0. The number of nitro benzene ring substituents is 1. The Morgan fingerprint density at radius 2 is 2.20 bits per heavy atom. The number of hydrazone groups is 1. The lowest BCUT2D eigenvalue weighted by Crippen LogP contribution is -2.24. The summed E-state index contributed by atoms with van der Waals surface area (Å²) in [5.41, 5.74) is 2.04. The molecule has 0 aliphatic heterocycles. The van der Waals surface area contributed by atoms with Crippen LogP contribution in [-0.2, 0) is 4.79 Å². The molecule has 9 nitrogen and oxygen atoms in total. The quantitative estimate of drug-likeness (QED) is 0.426. The Balaban J connectivity index is 1.89. The minimum absolute atomic E-state index is 0.0113. The van der Waals surface area contributed by atoms with Crippen molar-refractivity contribution in [1.82, 2.24) is 5.43 Å². The minimum Gasteiger partial charge on any atom is -0.477 e. The van der Waals surface area contributed by atoms with Gasteiger partial charge in [0, 0.05) is 26.2 Å². The predicted octanol–water partition coefficient (Wildman–Crippen LogP) is 2.55. The van der Waals surface area contributed by atoms with Crippen molar-refractivity contribution in [3.8, 4) is 5.75 Å². The third kappa shape index (κ3) is 5.05. The molecular weight excluding hydrogens is 396 g/mol. The Kier molecular flexibility index (Phi) is 6.12. The van der Waals surface area contributed by atoms with Gasteiger partial charge in [0.2, 0.25) is 5.88 Å². The largest absolute Gasteiger partial charge is 0.477 e. The number of nitrogens with one attached hydrogen (secondary N) is 1. The number of benzene rings is 1. The van der Waals surface area contributed by atoms with E-state index in [4.69, 9.17) is 9.15 Å². The van der Waals surface area contributed by atoms with Crippen LogP contribution in [0.3, 0.4) is 0 Å². The zero-order chi connectivity index (χ0) is 18.4. The fraction of sp³-hybridized carbons (Fsp3) is 0.200. The first-order valence-electron chi connectivity index (χ1n) is 7.03. The smallest absolute Gasteiger partial charge is 0.310 e. The van der Waals surface area contributed by atoms with Crippen molar-refractivity contribution in [2.24, 2.45) is 5.10 Å². The number of furan rings is 1. The van der Waals surface area contributed by atoms with Gasteiger partial charge < -0.3 is 14.1 Å². The molecule has 1 heterocycles. The molecule has 0 aliphatic carbocycles. The van der Waals surface area contributed by atoms with Crippen LogP contribution in [0.5, 0.6) is 5.75 Å². The molecule has 0 aliphatic rings. The highest BCUT2D eigenvalue weighted by atomic mass is 79.9. The first-order valence-corrected chi connectivity index (χ1v) is 7.82. The fourth-order valence-corrected chi connectivity index (χ4v) is 2.48. The second kappa shape index (κ2) is 8.29. The maximum absolute atomic E-state index is 11.7. The van der Waals surface area contributed by atoms with Gasteiger partial charge in [-0.25, -0.2) is 5.43 Å². The van der Waals surface area contributed by atoms with Gasteiger partial charge in [0.15, 0.2) is 18.1 Å². The van der Waals surface area contributed by atoms with E-state index in [1.807, 2.05) is 14.1 Å². The predicted molar refractivity (Wildman–Crippen MR) is 95.1 cm³/mol. The maximum Gasteiger partial charge on any atom is 0.310 e. The van der Waals surface area contributed by atoms with Crippen molar-refractivity contribution in [3.63, 3.8) is 0 Å². The summed E-state index contributed by atoms with van der Waals surface area (Å²) in [6.45, 7) is -0.410. The van der Waals surface area contributed by atoms with E-state index in [-0.39, 0.29) is 11.4 Å². The zero-order valence-electron chi connectivity index (χ0n) is 13.4. The second-order valence-electron chi connectivity index (χ2n) is 5.00. The van der Waals surface area contributed by atoms with Crippen molar-refractivity contribution < 1.29 is 18.9 Å². The van der Waals surface area contributed by atoms with Crippen LogP contribution in [0.25, 0.3) is 0 Å². The van der Waals surface area contributed by atoms with Gasteiger partial charge in [0.25, 0.3) is 5.91 Å². The molecule has 2 rings (SSSR count). The van der Waals surface area contributed by atoms with E-state index in [0.717, 1.165) is 4.47 Å². The fourth-order valence-electron chi connectivity index (χ4n) is 1.82. The summed E-state index contributed by atoms with van der Waals surface area (Å²) < 4.78 is 11.4. The molecule has 0 saturated heterocycles. The van der Waals surface area contributed by atoms with Gasteiger partial charge in [-0.2, -0.15) is 5.10 Å². The molecule has 0 saturated carbocycles. The molecule has 0 radical (unpaired) electrons. The summed E-state index contributed by atoms with van der Waals surface area (Å²) >= 11 is 3.35. The molecule has 1 N–H and O–H groups in total. The maximum atomic E-state index is 11.7. The Bertz CT molecular complexity index is 803. The molecule has 1 aromatic heterocycles. The van der Waals surface area contributed by atoms with Gasteiger partial charge in [0.1, 0.15) is 0 Å². The van der Waals surface area contributed by atoms with E-state index in [1.165, 1.54) is 24.4 Å². The first kappa shape index (κ1) is 18.5. The number of hydrogen-bond donors (Lipinski definition) is 1. The molecule has 0 spiro atoms. The highest BCUT2D eigenvalue weighted by Crippen LogP contribution is 2.28. The van der Waals surface area contributed by atoms with Crippen LogP contribution < -0.4 is 15.1 Å². The Labute approximate surface area is 151 Å². The van der Waals surface area contributed by atoms with Crippen LogP contribution in [0, 0.1) is 10.1 Å². The number of carbonyl (C=O) groups is 1. The average Bonchev–Trinajstić information content (AvgIpc) is 2.94. The lowest BCUT2D eigenvalue weighted by molar-refractivity contribution is -0.385. The highest BCUT2D eigenvalue weighted by molar-refractivity contribution is 9.10. The molecule has 25 heavy (non-hydrogen) atoms. The third-order valence-electron chi connectivity index (χ3n) is 2.90. The summed E-state index contributed by atoms with van der Waals surface area (Å²) in [6, 6.07) is 7.50. The average molecular weight is 411 g/mol. The number of halogens is 1. The number of nitrogens with zero attached hydrogens (tertiary/aromatic N) is 3. The van der Waals surface area contributed by atoms with Crippen LogP contribution in [0.1, 0.15) is 5.76 Å². The van der Waals surface area contributed by atoms with E-state index in [1.54, 1.807) is 17.0 Å². The Morgan fingerprint density at radius 1 is 1.48 bits per heavy atom. The molecule has 1 aromatic carbocycles. The molecule has 2 aromatic rings. The molecular formula is C15H15BrN4O5. The van der Waals surface area contributed by atoms with Crippen molar-refractivity contribution in [1.29, 1.82) is 0 Å². The standard InChI is InChI=1S/C15H15BrN4O5/c1-19(2)15-11(16)7-10(25-15)8-17-18-14(21)9-24-13-6-4-3-5-12(13)20(22)23/h3-8H,9H2,1-2H3,(H,18,21)/b17-8-. The van der Waals surface area contributed by atoms with Crippen LogP contribution in [0.2, 0.25) is 0 Å². The normalized spacial score (nSPS) is 10.7. The third-order valence-corrected chi connectivity index (χ3v) is 3.46. The van der Waals surface area contributed by atoms with Gasteiger partial charge in [0.05, 0.1) is 15.6 Å². The minimum atomic E-state index is -0.581. The van der Waals surface area contributed by atoms with Crippen molar-refractivity contribution in [2.45, 2.75) is 0 Å². The number of para-hydroxylation sites is 2. The van der Waals surface area contributed by atoms with Crippen molar-refractivity contribution in [3.05, 3.63) is 50.7 Å². The summed E-state index contributed by atoms with van der Waals surface area (Å²) in [5, 5.41) is 14.6. The molecule has 132 valence electrons. The van der Waals surface area contributed by atoms with E-state index >= 15 is 0 Å². The van der Waals surface area contributed by atoms with Crippen LogP contribution in [-0.4, -0.2) is 37.7 Å². The molecule has 0 bridgehead atoms. The molecule has 1 amide bonds. The lowest BCUT2D eigenvalue weighted by Gasteiger charge is -2.07. The summed E-state index contributed by atoms with van der Waals surface area (Å²) in [4.78, 5) is 23.8. The number of carbonyl (C=O) groups excluding carboxylic acids is 1. The van der Waals surface area contributed by atoms with E-state index < -0.39 is 17.4 Å². The van der Waals surface area contributed by atoms with Gasteiger partial charge in [-0.1, -0.05) is 12.1 Å².